The average Bonchev–Trinajstić information content (AvgIpc) is 3.33. The average molecular weight is 385 g/mol. The van der Waals surface area contributed by atoms with E-state index in [0.717, 1.165) is 40.3 Å². The monoisotopic (exact) mass is 384 g/mol. The lowest BCUT2D eigenvalue weighted by molar-refractivity contribution is -0.119. The molecule has 2 aromatic heterocycles. The highest BCUT2D eigenvalue weighted by atomic mass is 32.2. The molecular weight excluding hydrogens is 364 g/mol. The second-order valence-electron chi connectivity index (χ2n) is 5.48. The lowest BCUT2D eigenvalue weighted by atomic mass is 10.2. The van der Waals surface area contributed by atoms with Crippen molar-refractivity contribution in [2.45, 2.75) is 36.3 Å². The smallest absolute Gasteiger partial charge is 0.230 e. The summed E-state index contributed by atoms with van der Waals surface area (Å²) in [6, 6.07) is 4.06. The minimum atomic E-state index is 0.00460. The van der Waals surface area contributed by atoms with Gasteiger partial charge in [0.2, 0.25) is 11.0 Å². The molecule has 1 aliphatic rings. The van der Waals surface area contributed by atoms with Crippen LogP contribution < -0.4 is 10.6 Å². The van der Waals surface area contributed by atoms with E-state index in [1.807, 2.05) is 24.4 Å². The zero-order valence-corrected chi connectivity index (χ0v) is 15.8. The Morgan fingerprint density at radius 2 is 2.46 bits per heavy atom. The number of amides is 1. The Balaban J connectivity index is 1.39. The van der Waals surface area contributed by atoms with Gasteiger partial charge >= 0.3 is 0 Å². The summed E-state index contributed by atoms with van der Waals surface area (Å²) in [5, 5.41) is 17.3. The molecule has 0 bridgehead atoms. The Bertz CT molecular complexity index is 641. The van der Waals surface area contributed by atoms with Crippen molar-refractivity contribution >= 4 is 45.5 Å². The van der Waals surface area contributed by atoms with E-state index in [4.69, 9.17) is 4.74 Å². The second-order valence-corrected chi connectivity index (χ2v) is 8.66. The van der Waals surface area contributed by atoms with Crippen LogP contribution in [0.15, 0.2) is 21.9 Å². The molecule has 1 amide bonds. The Labute approximate surface area is 153 Å². The third-order valence-electron chi connectivity index (χ3n) is 3.59. The van der Waals surface area contributed by atoms with Crippen molar-refractivity contribution in [1.29, 1.82) is 0 Å². The van der Waals surface area contributed by atoms with Crippen LogP contribution in [0, 0.1) is 0 Å². The van der Waals surface area contributed by atoms with Crippen molar-refractivity contribution in [2.24, 2.45) is 0 Å². The molecule has 0 saturated carbocycles. The number of carbonyl (C=O) groups is 1. The lowest BCUT2D eigenvalue weighted by Crippen LogP contribution is -2.27. The largest absolute Gasteiger partial charge is 0.376 e. The van der Waals surface area contributed by atoms with Gasteiger partial charge in [-0.3, -0.25) is 4.79 Å². The van der Waals surface area contributed by atoms with Crippen LogP contribution in [0.25, 0.3) is 0 Å². The summed E-state index contributed by atoms with van der Waals surface area (Å²) in [5.41, 5.74) is 0. The van der Waals surface area contributed by atoms with Crippen molar-refractivity contribution in [3.63, 3.8) is 0 Å². The zero-order valence-electron chi connectivity index (χ0n) is 13.4. The van der Waals surface area contributed by atoms with Crippen LogP contribution >= 0.6 is 34.4 Å². The number of nitrogens with zero attached hydrogens (tertiary/aromatic N) is 2. The van der Waals surface area contributed by atoms with Gasteiger partial charge in [-0.15, -0.1) is 21.5 Å². The molecule has 0 spiro atoms. The Hall–Kier alpha value is -1.16. The first-order chi connectivity index (χ1) is 11.7. The molecular formula is C15H20N4O2S3. The van der Waals surface area contributed by atoms with E-state index < -0.39 is 0 Å². The predicted octanol–water partition coefficient (Wildman–Crippen LogP) is 3.16. The first kappa shape index (κ1) is 17.7. The van der Waals surface area contributed by atoms with Gasteiger partial charge < -0.3 is 15.4 Å². The minimum Gasteiger partial charge on any atom is -0.376 e. The van der Waals surface area contributed by atoms with Gasteiger partial charge in [0, 0.05) is 18.0 Å². The molecule has 1 fully saturated rings. The maximum atomic E-state index is 12.0. The fourth-order valence-corrected chi connectivity index (χ4v) is 4.67. The number of anilines is 1. The highest BCUT2D eigenvalue weighted by Crippen LogP contribution is 2.26. The molecule has 0 aliphatic carbocycles. The van der Waals surface area contributed by atoms with E-state index >= 15 is 0 Å². The summed E-state index contributed by atoms with van der Waals surface area (Å²) < 4.78 is 6.36. The van der Waals surface area contributed by atoms with Crippen LogP contribution in [0.5, 0.6) is 0 Å². The van der Waals surface area contributed by atoms with Gasteiger partial charge in [0.25, 0.3) is 0 Å². The molecule has 130 valence electrons. The van der Waals surface area contributed by atoms with Crippen molar-refractivity contribution in [3.8, 4) is 0 Å². The number of carbonyl (C=O) groups excluding carboxylic acids is 1. The maximum absolute atomic E-state index is 12.0. The van der Waals surface area contributed by atoms with E-state index in [0.29, 0.717) is 5.75 Å². The standard InChI is InChI=1S/C15H20N4O2S3/c1-10(12-5-3-7-22-12)17-13(20)9-23-15-19-18-14(24-15)16-8-11-4-2-6-21-11/h3,5,7,10-11H,2,4,6,8-9H2,1H3,(H,16,18)(H,17,20). The number of thioether (sulfide) groups is 1. The maximum Gasteiger partial charge on any atom is 0.230 e. The van der Waals surface area contributed by atoms with Gasteiger partial charge in [-0.05, 0) is 31.2 Å². The molecule has 0 radical (unpaired) electrons. The summed E-state index contributed by atoms with van der Waals surface area (Å²) in [4.78, 5) is 13.2. The van der Waals surface area contributed by atoms with Crippen LogP contribution in [0.2, 0.25) is 0 Å². The summed E-state index contributed by atoms with van der Waals surface area (Å²) in [7, 11) is 0. The van der Waals surface area contributed by atoms with Crippen LogP contribution in [0.4, 0.5) is 5.13 Å². The topological polar surface area (TPSA) is 76.1 Å². The summed E-state index contributed by atoms with van der Waals surface area (Å²) >= 11 is 4.53. The molecule has 9 heteroatoms. The van der Waals surface area contributed by atoms with Crippen LogP contribution in [0.3, 0.4) is 0 Å². The van der Waals surface area contributed by atoms with Gasteiger partial charge in [-0.2, -0.15) is 0 Å². The van der Waals surface area contributed by atoms with E-state index in [1.54, 1.807) is 11.3 Å². The predicted molar refractivity (Wildman–Crippen MR) is 99.0 cm³/mol. The number of nitrogens with one attached hydrogen (secondary N) is 2. The Morgan fingerprint density at radius 1 is 1.54 bits per heavy atom. The van der Waals surface area contributed by atoms with E-state index in [2.05, 4.69) is 20.8 Å². The van der Waals surface area contributed by atoms with Crippen LogP contribution in [0.1, 0.15) is 30.7 Å². The van der Waals surface area contributed by atoms with Gasteiger partial charge in [0.15, 0.2) is 4.34 Å². The molecule has 1 aliphatic heterocycles. The van der Waals surface area contributed by atoms with Crippen molar-refractivity contribution in [3.05, 3.63) is 22.4 Å². The number of thiophene rings is 1. The molecule has 2 atom stereocenters. The number of rotatable bonds is 8. The number of hydrogen-bond acceptors (Lipinski definition) is 8. The molecule has 3 heterocycles. The molecule has 24 heavy (non-hydrogen) atoms. The first-order valence-corrected chi connectivity index (χ1v) is 10.5. The SMILES string of the molecule is CC(NC(=O)CSc1nnc(NCC2CCCO2)s1)c1cccs1. The quantitative estimate of drug-likeness (QED) is 0.681. The third kappa shape index (κ3) is 5.17. The van der Waals surface area contributed by atoms with Crippen molar-refractivity contribution < 1.29 is 9.53 Å². The van der Waals surface area contributed by atoms with Gasteiger partial charge in [-0.25, -0.2) is 0 Å². The van der Waals surface area contributed by atoms with Crippen LogP contribution in [-0.2, 0) is 9.53 Å². The molecule has 2 N–H and O–H groups in total. The number of ether oxygens (including phenoxy) is 1. The van der Waals surface area contributed by atoms with Gasteiger partial charge in [-0.1, -0.05) is 29.2 Å². The van der Waals surface area contributed by atoms with Crippen molar-refractivity contribution in [1.82, 2.24) is 15.5 Å². The fraction of sp³-hybridized carbons (Fsp3) is 0.533. The highest BCUT2D eigenvalue weighted by Gasteiger charge is 2.16. The highest BCUT2D eigenvalue weighted by molar-refractivity contribution is 8.01. The molecule has 2 unspecified atom stereocenters. The Kier molecular flexibility index (Phi) is 6.47. The summed E-state index contributed by atoms with van der Waals surface area (Å²) in [6.45, 7) is 3.60. The number of aromatic nitrogens is 2. The third-order valence-corrected chi connectivity index (χ3v) is 6.65. The first-order valence-electron chi connectivity index (χ1n) is 7.85. The van der Waals surface area contributed by atoms with Crippen molar-refractivity contribution in [2.75, 3.05) is 24.2 Å². The summed E-state index contributed by atoms with van der Waals surface area (Å²) in [5.74, 6) is 0.348. The summed E-state index contributed by atoms with van der Waals surface area (Å²) in [6.07, 6.45) is 2.49. The molecule has 1 saturated heterocycles. The Morgan fingerprint density at radius 3 is 3.21 bits per heavy atom. The van der Waals surface area contributed by atoms with Gasteiger partial charge in [0.05, 0.1) is 17.9 Å². The lowest BCUT2D eigenvalue weighted by Gasteiger charge is -2.11. The molecule has 3 rings (SSSR count). The minimum absolute atomic E-state index is 0.00460. The molecule has 6 nitrogen and oxygen atoms in total. The van der Waals surface area contributed by atoms with Gasteiger partial charge in [0.1, 0.15) is 0 Å². The van der Waals surface area contributed by atoms with E-state index in [-0.39, 0.29) is 18.1 Å². The van der Waals surface area contributed by atoms with E-state index in [9.17, 15) is 4.79 Å². The van der Waals surface area contributed by atoms with Crippen LogP contribution in [-0.4, -0.2) is 41.1 Å². The molecule has 0 aromatic carbocycles. The van der Waals surface area contributed by atoms with E-state index in [1.165, 1.54) is 23.1 Å². The number of hydrogen-bond donors (Lipinski definition) is 2. The zero-order chi connectivity index (χ0) is 16.8. The normalized spacial score (nSPS) is 18.5. The molecule has 2 aromatic rings. The fourth-order valence-electron chi connectivity index (χ4n) is 2.37. The second kappa shape index (κ2) is 8.80.